The van der Waals surface area contributed by atoms with Crippen LogP contribution < -0.4 is 10.6 Å². The number of thiophene rings is 1. The third kappa shape index (κ3) is 7.37. The Hall–Kier alpha value is -3.59. The smallest absolute Gasteiger partial charge is 0.366 e. The molecule has 44 heavy (non-hydrogen) atoms. The number of rotatable bonds is 9. The summed E-state index contributed by atoms with van der Waals surface area (Å²) in [6, 6.07) is 17.7. The van der Waals surface area contributed by atoms with Crippen molar-refractivity contribution in [2.45, 2.75) is 41.9 Å². The molecule has 5 rings (SSSR count). The molecule has 4 aromatic rings. The van der Waals surface area contributed by atoms with Crippen LogP contribution in [0.15, 0.2) is 83.1 Å². The number of aromatic nitrogens is 1. The van der Waals surface area contributed by atoms with E-state index in [0.29, 0.717) is 44.8 Å². The number of nitrogens with one attached hydrogen (secondary N) is 2. The molecule has 1 fully saturated rings. The molecule has 3 heterocycles. The molecule has 0 spiro atoms. The van der Waals surface area contributed by atoms with Gasteiger partial charge in [-0.15, -0.1) is 11.3 Å². The summed E-state index contributed by atoms with van der Waals surface area (Å²) in [6.07, 6.45) is -5.52. The fourth-order valence-electron chi connectivity index (χ4n) is 4.67. The van der Waals surface area contributed by atoms with E-state index in [1.807, 2.05) is 30.3 Å². The summed E-state index contributed by atoms with van der Waals surface area (Å²) in [5.74, 6) is -4.02. The Morgan fingerprint density at radius 1 is 1.00 bits per heavy atom. The van der Waals surface area contributed by atoms with Crippen LogP contribution in [0.25, 0.3) is 11.3 Å². The standard InChI is InChI=1S/C29H24ClF5N4O3S2/c30-24-10-11-26(43-24)44(41,42)39-17-28(31,32)14-23(39)27(40)37-16-19-12-22(20-6-8-21(9-7-20)29(33,34)35)38-25(13-19)36-15-18-4-2-1-3-5-18/h1-13,23H,14-17H2,(H,36,38)(H,37,40). The van der Waals surface area contributed by atoms with Gasteiger partial charge in [-0.3, -0.25) is 4.79 Å². The highest BCUT2D eigenvalue weighted by Crippen LogP contribution is 2.38. The van der Waals surface area contributed by atoms with Gasteiger partial charge in [-0.2, -0.15) is 17.5 Å². The second kappa shape index (κ2) is 12.4. The van der Waals surface area contributed by atoms with Crippen molar-refractivity contribution in [3.05, 3.63) is 99.9 Å². The molecule has 2 N–H and O–H groups in total. The van der Waals surface area contributed by atoms with E-state index in [2.05, 4.69) is 15.6 Å². The fourth-order valence-corrected chi connectivity index (χ4v) is 7.90. The van der Waals surface area contributed by atoms with E-state index in [0.717, 1.165) is 17.7 Å². The van der Waals surface area contributed by atoms with Crippen LogP contribution in [0.2, 0.25) is 4.34 Å². The molecule has 2 aromatic heterocycles. The summed E-state index contributed by atoms with van der Waals surface area (Å²) in [5.41, 5.74) is 1.22. The number of alkyl halides is 5. The molecule has 15 heteroatoms. The van der Waals surface area contributed by atoms with Gasteiger partial charge in [-0.25, -0.2) is 22.2 Å². The Labute approximate surface area is 258 Å². The average molecular weight is 671 g/mol. The topological polar surface area (TPSA) is 91.4 Å². The van der Waals surface area contributed by atoms with E-state index in [9.17, 15) is 35.2 Å². The molecule has 1 atom stereocenters. The third-order valence-corrected chi connectivity index (χ3v) is 10.4. The minimum Gasteiger partial charge on any atom is -0.366 e. The number of halogens is 6. The fraction of sp³-hybridized carbons (Fsp3) is 0.241. The molecule has 2 aromatic carbocycles. The van der Waals surface area contributed by atoms with Crippen LogP contribution in [0.4, 0.5) is 27.8 Å². The van der Waals surface area contributed by atoms with Gasteiger partial charge in [0, 0.05) is 25.1 Å². The average Bonchev–Trinajstić information content (AvgIpc) is 3.58. The second-order valence-electron chi connectivity index (χ2n) is 10.1. The number of sulfonamides is 1. The monoisotopic (exact) mass is 670 g/mol. The predicted octanol–water partition coefficient (Wildman–Crippen LogP) is 6.81. The van der Waals surface area contributed by atoms with E-state index in [4.69, 9.17) is 11.6 Å². The van der Waals surface area contributed by atoms with Crippen LogP contribution >= 0.6 is 22.9 Å². The van der Waals surface area contributed by atoms with E-state index < -0.39 is 52.6 Å². The van der Waals surface area contributed by atoms with Crippen LogP contribution in [0.3, 0.4) is 0 Å². The molecule has 1 saturated heterocycles. The van der Waals surface area contributed by atoms with Gasteiger partial charge >= 0.3 is 6.18 Å². The minimum absolute atomic E-state index is 0.147. The van der Waals surface area contributed by atoms with Crippen LogP contribution in [0.1, 0.15) is 23.1 Å². The van der Waals surface area contributed by atoms with E-state index >= 15 is 0 Å². The summed E-state index contributed by atoms with van der Waals surface area (Å²) in [4.78, 5) is 17.7. The number of nitrogens with zero attached hydrogens (tertiary/aromatic N) is 2. The molecule has 232 valence electrons. The Bertz CT molecular complexity index is 1750. The quantitative estimate of drug-likeness (QED) is 0.191. The Morgan fingerprint density at radius 2 is 1.70 bits per heavy atom. The third-order valence-electron chi connectivity index (χ3n) is 6.82. The second-order valence-corrected chi connectivity index (χ2v) is 13.9. The molecule has 7 nitrogen and oxygen atoms in total. The van der Waals surface area contributed by atoms with E-state index in [1.54, 1.807) is 12.1 Å². The number of hydrogen-bond acceptors (Lipinski definition) is 6. The van der Waals surface area contributed by atoms with Crippen molar-refractivity contribution in [3.63, 3.8) is 0 Å². The van der Waals surface area contributed by atoms with Crippen molar-refractivity contribution in [2.75, 3.05) is 11.9 Å². The summed E-state index contributed by atoms with van der Waals surface area (Å²) in [5, 5.41) is 5.69. The lowest BCUT2D eigenvalue weighted by Gasteiger charge is -2.22. The number of benzene rings is 2. The van der Waals surface area contributed by atoms with Crippen molar-refractivity contribution in [2.24, 2.45) is 0 Å². The van der Waals surface area contributed by atoms with Gasteiger partial charge in [0.15, 0.2) is 0 Å². The normalized spacial score (nSPS) is 17.0. The van der Waals surface area contributed by atoms with Gasteiger partial charge < -0.3 is 10.6 Å². The number of amides is 1. The molecule has 0 saturated carbocycles. The van der Waals surface area contributed by atoms with Gasteiger partial charge in [-0.05, 0) is 47.5 Å². The molecule has 1 amide bonds. The van der Waals surface area contributed by atoms with Gasteiger partial charge in [0.25, 0.3) is 15.9 Å². The van der Waals surface area contributed by atoms with Gasteiger partial charge in [0.05, 0.1) is 22.1 Å². The zero-order chi connectivity index (χ0) is 31.7. The van der Waals surface area contributed by atoms with E-state index in [-0.39, 0.29) is 15.1 Å². The van der Waals surface area contributed by atoms with Crippen molar-refractivity contribution in [1.82, 2.24) is 14.6 Å². The van der Waals surface area contributed by atoms with E-state index in [1.165, 1.54) is 24.3 Å². The number of carbonyl (C=O) groups excluding carboxylic acids is 1. The lowest BCUT2D eigenvalue weighted by molar-refractivity contribution is -0.137. The zero-order valence-electron chi connectivity index (χ0n) is 22.6. The van der Waals surface area contributed by atoms with Crippen LogP contribution in [-0.4, -0.2) is 42.1 Å². The molecule has 1 unspecified atom stereocenters. The van der Waals surface area contributed by atoms with Crippen molar-refractivity contribution in [3.8, 4) is 11.3 Å². The summed E-state index contributed by atoms with van der Waals surface area (Å²) < 4.78 is 94.8. The number of pyridine rings is 1. The van der Waals surface area contributed by atoms with Gasteiger partial charge in [0.2, 0.25) is 5.91 Å². The highest BCUT2D eigenvalue weighted by atomic mass is 35.5. The molecule has 0 radical (unpaired) electrons. The zero-order valence-corrected chi connectivity index (χ0v) is 25.0. The maximum Gasteiger partial charge on any atom is 0.416 e. The Kier molecular flexibility index (Phi) is 8.99. The summed E-state index contributed by atoms with van der Waals surface area (Å²) in [7, 11) is -4.44. The first-order valence-electron chi connectivity index (χ1n) is 13.1. The Balaban J connectivity index is 1.39. The SMILES string of the molecule is O=C(NCc1cc(NCc2ccccc2)nc(-c2ccc(C(F)(F)F)cc2)c1)C1CC(F)(F)CN1S(=O)(=O)c1ccc(Cl)s1. The molecule has 0 aliphatic carbocycles. The molecular formula is C29H24ClF5N4O3S2. The first-order chi connectivity index (χ1) is 20.7. The number of anilines is 1. The van der Waals surface area contributed by atoms with Gasteiger partial charge in [0.1, 0.15) is 16.1 Å². The summed E-state index contributed by atoms with van der Waals surface area (Å²) >= 11 is 6.54. The molecular weight excluding hydrogens is 647 g/mol. The largest absolute Gasteiger partial charge is 0.416 e. The first-order valence-corrected chi connectivity index (χ1v) is 15.7. The van der Waals surface area contributed by atoms with Crippen molar-refractivity contribution < 1.29 is 35.2 Å². The van der Waals surface area contributed by atoms with Crippen molar-refractivity contribution in [1.29, 1.82) is 0 Å². The lowest BCUT2D eigenvalue weighted by atomic mass is 10.1. The maximum atomic E-state index is 14.4. The van der Waals surface area contributed by atoms with Crippen LogP contribution in [0.5, 0.6) is 0 Å². The lowest BCUT2D eigenvalue weighted by Crippen LogP contribution is -2.45. The first kappa shape index (κ1) is 31.8. The predicted molar refractivity (Wildman–Crippen MR) is 157 cm³/mol. The van der Waals surface area contributed by atoms with Crippen LogP contribution in [0, 0.1) is 0 Å². The number of carbonyl (C=O) groups is 1. The molecule has 0 bridgehead atoms. The Morgan fingerprint density at radius 3 is 2.34 bits per heavy atom. The maximum absolute atomic E-state index is 14.4. The molecule has 1 aliphatic heterocycles. The number of hydrogen-bond donors (Lipinski definition) is 2. The summed E-state index contributed by atoms with van der Waals surface area (Å²) in [6.45, 7) is -0.994. The highest BCUT2D eigenvalue weighted by molar-refractivity contribution is 7.91. The van der Waals surface area contributed by atoms with Gasteiger partial charge in [-0.1, -0.05) is 54.1 Å². The van der Waals surface area contributed by atoms with Crippen LogP contribution in [-0.2, 0) is 34.1 Å². The molecule has 1 aliphatic rings. The highest BCUT2D eigenvalue weighted by Gasteiger charge is 2.53. The van der Waals surface area contributed by atoms with Crippen molar-refractivity contribution >= 4 is 44.7 Å². The minimum atomic E-state index is -4.52.